The highest BCUT2D eigenvalue weighted by Crippen LogP contribution is 2.36. The van der Waals surface area contributed by atoms with Crippen molar-refractivity contribution in [2.45, 2.75) is 17.3 Å². The topological polar surface area (TPSA) is 64.1 Å². The SMILES string of the molecule is CCOCCn1c(C(Cl)(Cl)Cl)cc(=O)[nH]c1=O. The second kappa shape index (κ2) is 5.91. The van der Waals surface area contributed by atoms with E-state index in [0.29, 0.717) is 6.61 Å². The zero-order valence-electron chi connectivity index (χ0n) is 9.00. The first-order valence-corrected chi connectivity index (χ1v) is 5.98. The van der Waals surface area contributed by atoms with Crippen LogP contribution in [0.1, 0.15) is 12.6 Å². The number of alkyl halides is 3. The second-order valence-electron chi connectivity index (χ2n) is 3.17. The normalized spacial score (nSPS) is 11.8. The summed E-state index contributed by atoms with van der Waals surface area (Å²) in [5.41, 5.74) is -1.21. The summed E-state index contributed by atoms with van der Waals surface area (Å²) >= 11 is 17.1. The standard InChI is InChI=1S/C9H11Cl3N2O3/c1-2-17-4-3-14-6(9(10,11)12)5-7(15)13-8(14)16/h5H,2-4H2,1H3,(H,13,15,16). The molecule has 1 rings (SSSR count). The van der Waals surface area contributed by atoms with Gasteiger partial charge >= 0.3 is 5.69 Å². The number of aromatic nitrogens is 2. The lowest BCUT2D eigenvalue weighted by atomic mass is 10.4. The Bertz CT molecular complexity index is 489. The van der Waals surface area contributed by atoms with Crippen LogP contribution in [-0.2, 0) is 15.1 Å². The average molecular weight is 302 g/mol. The fourth-order valence-electron chi connectivity index (χ4n) is 1.28. The third-order valence-electron chi connectivity index (χ3n) is 1.99. The van der Waals surface area contributed by atoms with E-state index in [4.69, 9.17) is 39.5 Å². The Hall–Kier alpha value is -0.490. The summed E-state index contributed by atoms with van der Waals surface area (Å²) in [6.45, 7) is 2.83. The minimum atomic E-state index is -1.83. The minimum Gasteiger partial charge on any atom is -0.380 e. The van der Waals surface area contributed by atoms with Gasteiger partial charge in [0.25, 0.3) is 5.56 Å². The lowest BCUT2D eigenvalue weighted by Crippen LogP contribution is -2.35. The van der Waals surface area contributed by atoms with Crippen molar-refractivity contribution < 1.29 is 4.74 Å². The van der Waals surface area contributed by atoms with E-state index < -0.39 is 15.0 Å². The van der Waals surface area contributed by atoms with Crippen molar-refractivity contribution in [3.05, 3.63) is 32.6 Å². The number of rotatable bonds is 4. The average Bonchev–Trinajstić information content (AvgIpc) is 2.19. The van der Waals surface area contributed by atoms with Gasteiger partial charge in [0.15, 0.2) is 0 Å². The molecular weight excluding hydrogens is 290 g/mol. The van der Waals surface area contributed by atoms with E-state index in [2.05, 4.69) is 4.98 Å². The van der Waals surface area contributed by atoms with Gasteiger partial charge < -0.3 is 4.74 Å². The van der Waals surface area contributed by atoms with Crippen molar-refractivity contribution in [2.24, 2.45) is 0 Å². The lowest BCUT2D eigenvalue weighted by Gasteiger charge is -2.17. The summed E-state index contributed by atoms with van der Waals surface area (Å²) in [4.78, 5) is 24.8. The second-order valence-corrected chi connectivity index (χ2v) is 5.45. The highest BCUT2D eigenvalue weighted by Gasteiger charge is 2.27. The van der Waals surface area contributed by atoms with Crippen LogP contribution >= 0.6 is 34.8 Å². The van der Waals surface area contributed by atoms with Crippen LogP contribution in [0.2, 0.25) is 0 Å². The smallest absolute Gasteiger partial charge is 0.328 e. The van der Waals surface area contributed by atoms with Gasteiger partial charge in [0, 0.05) is 12.7 Å². The largest absolute Gasteiger partial charge is 0.380 e. The molecule has 0 bridgehead atoms. The van der Waals surface area contributed by atoms with E-state index in [9.17, 15) is 9.59 Å². The molecule has 17 heavy (non-hydrogen) atoms. The Labute approximate surface area is 112 Å². The Balaban J connectivity index is 3.17. The maximum Gasteiger partial charge on any atom is 0.328 e. The van der Waals surface area contributed by atoms with Crippen molar-refractivity contribution in [3.63, 3.8) is 0 Å². The van der Waals surface area contributed by atoms with Crippen LogP contribution < -0.4 is 11.2 Å². The van der Waals surface area contributed by atoms with Gasteiger partial charge in [-0.25, -0.2) is 4.79 Å². The third-order valence-corrected chi connectivity index (χ3v) is 2.57. The van der Waals surface area contributed by atoms with Crippen molar-refractivity contribution in [1.29, 1.82) is 0 Å². The maximum atomic E-state index is 11.6. The molecule has 0 aliphatic carbocycles. The molecule has 1 aromatic heterocycles. The molecule has 0 aromatic carbocycles. The molecule has 1 heterocycles. The molecule has 0 spiro atoms. The molecular formula is C9H11Cl3N2O3. The van der Waals surface area contributed by atoms with E-state index in [-0.39, 0.29) is 18.8 Å². The van der Waals surface area contributed by atoms with Crippen LogP contribution in [0, 0.1) is 0 Å². The van der Waals surface area contributed by atoms with Gasteiger partial charge in [0.2, 0.25) is 3.79 Å². The van der Waals surface area contributed by atoms with Gasteiger partial charge in [-0.2, -0.15) is 0 Å². The first-order valence-electron chi connectivity index (χ1n) is 4.85. The summed E-state index contributed by atoms with van der Waals surface area (Å²) in [5, 5.41) is 0. The predicted molar refractivity (Wildman–Crippen MR) is 67.1 cm³/mol. The van der Waals surface area contributed by atoms with Crippen LogP contribution in [0.4, 0.5) is 0 Å². The highest BCUT2D eigenvalue weighted by atomic mass is 35.6. The Morgan fingerprint density at radius 1 is 1.41 bits per heavy atom. The van der Waals surface area contributed by atoms with Gasteiger partial charge in [0.1, 0.15) is 0 Å². The van der Waals surface area contributed by atoms with Crippen LogP contribution in [0.15, 0.2) is 15.7 Å². The number of nitrogens with one attached hydrogen (secondary N) is 1. The number of hydrogen-bond donors (Lipinski definition) is 1. The Kier molecular flexibility index (Phi) is 5.06. The molecule has 0 amide bonds. The first-order chi connectivity index (χ1) is 7.86. The minimum absolute atomic E-state index is 0.0240. The Morgan fingerprint density at radius 3 is 2.59 bits per heavy atom. The highest BCUT2D eigenvalue weighted by molar-refractivity contribution is 6.66. The number of nitrogens with zero attached hydrogens (tertiary/aromatic N) is 1. The summed E-state index contributed by atoms with van der Waals surface area (Å²) < 4.78 is 4.45. The van der Waals surface area contributed by atoms with Gasteiger partial charge in [0.05, 0.1) is 18.8 Å². The molecule has 0 saturated heterocycles. The number of H-pyrrole nitrogens is 1. The zero-order valence-corrected chi connectivity index (χ0v) is 11.3. The zero-order chi connectivity index (χ0) is 13.1. The van der Waals surface area contributed by atoms with Gasteiger partial charge in [-0.15, -0.1) is 0 Å². The van der Waals surface area contributed by atoms with Crippen LogP contribution in [0.3, 0.4) is 0 Å². The van der Waals surface area contributed by atoms with E-state index >= 15 is 0 Å². The quantitative estimate of drug-likeness (QED) is 0.675. The van der Waals surface area contributed by atoms with Crippen LogP contribution in [-0.4, -0.2) is 22.8 Å². The number of aromatic amines is 1. The van der Waals surface area contributed by atoms with Gasteiger partial charge in [-0.05, 0) is 6.92 Å². The molecule has 0 atom stereocenters. The third kappa shape index (κ3) is 4.03. The monoisotopic (exact) mass is 300 g/mol. The Morgan fingerprint density at radius 2 is 2.06 bits per heavy atom. The first kappa shape index (κ1) is 14.6. The summed E-state index contributed by atoms with van der Waals surface area (Å²) in [5.74, 6) is 0. The van der Waals surface area contributed by atoms with E-state index in [1.165, 1.54) is 4.57 Å². The molecule has 0 radical (unpaired) electrons. The molecule has 0 unspecified atom stereocenters. The van der Waals surface area contributed by atoms with Crippen molar-refractivity contribution in [3.8, 4) is 0 Å². The van der Waals surface area contributed by atoms with Gasteiger partial charge in [-0.3, -0.25) is 14.3 Å². The van der Waals surface area contributed by atoms with E-state index in [1.54, 1.807) is 0 Å². The number of halogens is 3. The summed E-state index contributed by atoms with van der Waals surface area (Å²) in [6, 6.07) is 1.08. The molecule has 0 saturated carbocycles. The molecule has 0 aliphatic rings. The molecule has 0 fully saturated rings. The number of hydrogen-bond acceptors (Lipinski definition) is 3. The fourth-order valence-corrected chi connectivity index (χ4v) is 1.75. The molecule has 0 aliphatic heterocycles. The van der Waals surface area contributed by atoms with E-state index in [1.807, 2.05) is 6.92 Å². The molecule has 1 aromatic rings. The molecule has 8 heteroatoms. The number of ether oxygens (including phenoxy) is 1. The lowest BCUT2D eigenvalue weighted by molar-refractivity contribution is 0.137. The van der Waals surface area contributed by atoms with E-state index in [0.717, 1.165) is 6.07 Å². The van der Waals surface area contributed by atoms with Crippen molar-refractivity contribution >= 4 is 34.8 Å². The van der Waals surface area contributed by atoms with Crippen molar-refractivity contribution in [2.75, 3.05) is 13.2 Å². The van der Waals surface area contributed by atoms with Gasteiger partial charge in [-0.1, -0.05) is 34.8 Å². The van der Waals surface area contributed by atoms with Crippen molar-refractivity contribution in [1.82, 2.24) is 9.55 Å². The molecule has 5 nitrogen and oxygen atoms in total. The fraction of sp³-hybridized carbons (Fsp3) is 0.556. The summed E-state index contributed by atoms with van der Waals surface area (Å²) in [6.07, 6.45) is 0. The predicted octanol–water partition coefficient (Wildman–Crippen LogP) is 1.40. The van der Waals surface area contributed by atoms with Crippen LogP contribution in [0.5, 0.6) is 0 Å². The van der Waals surface area contributed by atoms with Crippen LogP contribution in [0.25, 0.3) is 0 Å². The molecule has 1 N–H and O–H groups in total. The molecule has 96 valence electrons. The summed E-state index contributed by atoms with van der Waals surface area (Å²) in [7, 11) is 0. The maximum absolute atomic E-state index is 11.6.